The van der Waals surface area contributed by atoms with Crippen LogP contribution in [0.1, 0.15) is 36.5 Å². The Bertz CT molecular complexity index is 625. The van der Waals surface area contributed by atoms with Crippen molar-refractivity contribution in [2.75, 3.05) is 5.73 Å². The summed E-state index contributed by atoms with van der Waals surface area (Å²) in [6, 6.07) is 10.1. The Morgan fingerprint density at radius 1 is 1.27 bits per heavy atom. The molecule has 1 atom stereocenters. The minimum absolute atomic E-state index is 0.0388. The second-order valence-corrected chi connectivity index (χ2v) is 7.67. The molecule has 1 unspecified atom stereocenters. The van der Waals surface area contributed by atoms with Crippen LogP contribution in [0.4, 0.5) is 5.13 Å². The van der Waals surface area contributed by atoms with Gasteiger partial charge in [-0.3, -0.25) is 4.79 Å². The lowest BCUT2D eigenvalue weighted by Gasteiger charge is -2.18. The van der Waals surface area contributed by atoms with Gasteiger partial charge in [0.25, 0.3) is 0 Å². The molecule has 1 aliphatic rings. The van der Waals surface area contributed by atoms with E-state index >= 15 is 0 Å². The van der Waals surface area contributed by atoms with Crippen LogP contribution in [-0.2, 0) is 4.79 Å². The molecular weight excluding hydrogens is 316 g/mol. The van der Waals surface area contributed by atoms with E-state index in [1.54, 1.807) is 0 Å². The molecule has 3 N–H and O–H groups in total. The van der Waals surface area contributed by atoms with Gasteiger partial charge in [0, 0.05) is 6.04 Å². The van der Waals surface area contributed by atoms with Gasteiger partial charge < -0.3 is 11.1 Å². The molecule has 1 fully saturated rings. The van der Waals surface area contributed by atoms with Crippen molar-refractivity contribution in [1.82, 2.24) is 15.5 Å². The highest BCUT2D eigenvalue weighted by molar-refractivity contribution is 8.01. The van der Waals surface area contributed by atoms with Gasteiger partial charge in [0.1, 0.15) is 5.25 Å². The number of benzene rings is 1. The Morgan fingerprint density at radius 3 is 2.64 bits per heavy atom. The largest absolute Gasteiger partial charge is 0.374 e. The number of carbonyl (C=O) groups is 1. The first-order chi connectivity index (χ1) is 10.7. The summed E-state index contributed by atoms with van der Waals surface area (Å²) < 4.78 is 0.716. The molecule has 1 aliphatic carbocycles. The average Bonchev–Trinajstić information content (AvgIpc) is 3.17. The zero-order valence-electron chi connectivity index (χ0n) is 12.1. The van der Waals surface area contributed by atoms with Gasteiger partial charge >= 0.3 is 0 Å². The predicted molar refractivity (Wildman–Crippen MR) is 89.8 cm³/mol. The Labute approximate surface area is 137 Å². The predicted octanol–water partition coefficient (Wildman–Crippen LogP) is 3.01. The van der Waals surface area contributed by atoms with E-state index in [2.05, 4.69) is 15.5 Å². The van der Waals surface area contributed by atoms with E-state index in [9.17, 15) is 4.79 Å². The molecular formula is C15H18N4OS2. The van der Waals surface area contributed by atoms with Crippen molar-refractivity contribution in [3.63, 3.8) is 0 Å². The molecule has 1 heterocycles. The van der Waals surface area contributed by atoms with Gasteiger partial charge in [0.2, 0.25) is 11.0 Å². The molecule has 1 aromatic heterocycles. The van der Waals surface area contributed by atoms with Gasteiger partial charge in [0.05, 0.1) is 0 Å². The fraction of sp³-hybridized carbons (Fsp3) is 0.400. The number of nitrogen functional groups attached to an aromatic ring is 1. The zero-order chi connectivity index (χ0) is 15.4. The summed E-state index contributed by atoms with van der Waals surface area (Å²) in [5.41, 5.74) is 6.60. The van der Waals surface area contributed by atoms with Gasteiger partial charge in [-0.05, 0) is 18.4 Å². The molecule has 1 saturated carbocycles. The van der Waals surface area contributed by atoms with Crippen LogP contribution < -0.4 is 11.1 Å². The molecule has 3 rings (SSSR count). The number of carbonyl (C=O) groups excluding carboxylic acids is 1. The molecule has 2 aromatic rings. The molecule has 5 nitrogen and oxygen atoms in total. The minimum Gasteiger partial charge on any atom is -0.374 e. The lowest BCUT2D eigenvalue weighted by molar-refractivity contribution is -0.121. The van der Waals surface area contributed by atoms with Crippen LogP contribution in [0.25, 0.3) is 0 Å². The summed E-state index contributed by atoms with van der Waals surface area (Å²) in [6.07, 6.45) is 4.54. The third-order valence-corrected chi connectivity index (χ3v) is 5.77. The highest BCUT2D eigenvalue weighted by Crippen LogP contribution is 2.37. The maximum absolute atomic E-state index is 12.7. The topological polar surface area (TPSA) is 80.9 Å². The highest BCUT2D eigenvalue weighted by atomic mass is 32.2. The monoisotopic (exact) mass is 334 g/mol. The number of rotatable bonds is 5. The Kier molecular flexibility index (Phi) is 4.94. The minimum atomic E-state index is -0.325. The normalized spacial score (nSPS) is 16.5. The molecule has 0 radical (unpaired) electrons. The number of nitrogens with zero attached hydrogens (tertiary/aromatic N) is 2. The van der Waals surface area contributed by atoms with Gasteiger partial charge in [-0.25, -0.2) is 0 Å². The van der Waals surface area contributed by atoms with Crippen molar-refractivity contribution < 1.29 is 4.79 Å². The Hall–Kier alpha value is -1.60. The van der Waals surface area contributed by atoms with Crippen LogP contribution >= 0.6 is 23.1 Å². The van der Waals surface area contributed by atoms with E-state index < -0.39 is 0 Å². The van der Waals surface area contributed by atoms with Gasteiger partial charge in [-0.1, -0.05) is 66.3 Å². The number of anilines is 1. The van der Waals surface area contributed by atoms with Gasteiger partial charge in [-0.2, -0.15) is 0 Å². The fourth-order valence-corrected chi connectivity index (χ4v) is 4.45. The van der Waals surface area contributed by atoms with Crippen molar-refractivity contribution in [2.24, 2.45) is 0 Å². The van der Waals surface area contributed by atoms with E-state index in [4.69, 9.17) is 5.73 Å². The average molecular weight is 334 g/mol. The summed E-state index contributed by atoms with van der Waals surface area (Å²) in [5, 5.41) is 11.1. The Balaban J connectivity index is 1.77. The summed E-state index contributed by atoms with van der Waals surface area (Å²) in [6.45, 7) is 0. The standard InChI is InChI=1S/C15H18N4OS2/c16-14-18-19-15(22-14)21-12(10-6-2-1-3-7-10)13(20)17-11-8-4-5-9-11/h1-3,6-7,11-12H,4-5,8-9H2,(H2,16,18)(H,17,20). The van der Waals surface area contributed by atoms with E-state index in [0.717, 1.165) is 18.4 Å². The van der Waals surface area contributed by atoms with Crippen molar-refractivity contribution in [1.29, 1.82) is 0 Å². The van der Waals surface area contributed by atoms with Gasteiger partial charge in [0.15, 0.2) is 4.34 Å². The van der Waals surface area contributed by atoms with E-state index in [-0.39, 0.29) is 11.2 Å². The maximum atomic E-state index is 12.7. The number of hydrogen-bond donors (Lipinski definition) is 2. The van der Waals surface area contributed by atoms with E-state index in [1.165, 1.54) is 35.9 Å². The zero-order valence-corrected chi connectivity index (χ0v) is 13.7. The molecule has 0 saturated heterocycles. The molecule has 1 amide bonds. The lowest BCUT2D eigenvalue weighted by atomic mass is 10.1. The van der Waals surface area contributed by atoms with Crippen molar-refractivity contribution in [3.8, 4) is 0 Å². The second-order valence-electron chi connectivity index (χ2n) is 5.30. The summed E-state index contributed by atoms with van der Waals surface area (Å²) in [4.78, 5) is 12.7. The SMILES string of the molecule is Nc1nnc(SC(C(=O)NC2CCCC2)c2ccccc2)s1. The van der Waals surface area contributed by atoms with E-state index in [0.29, 0.717) is 15.5 Å². The Morgan fingerprint density at radius 2 is 2.00 bits per heavy atom. The maximum Gasteiger partial charge on any atom is 0.238 e. The van der Waals surface area contributed by atoms with Crippen LogP contribution in [0.5, 0.6) is 0 Å². The third-order valence-electron chi connectivity index (χ3n) is 3.68. The van der Waals surface area contributed by atoms with Crippen LogP contribution in [0.15, 0.2) is 34.7 Å². The quantitative estimate of drug-likeness (QED) is 0.822. The molecule has 1 aromatic carbocycles. The smallest absolute Gasteiger partial charge is 0.238 e. The summed E-state index contributed by atoms with van der Waals surface area (Å²) in [5.74, 6) is 0.0388. The second kappa shape index (κ2) is 7.11. The molecule has 7 heteroatoms. The van der Waals surface area contributed by atoms with Crippen molar-refractivity contribution in [2.45, 2.75) is 41.3 Å². The number of aromatic nitrogens is 2. The molecule has 0 aliphatic heterocycles. The van der Waals surface area contributed by atoms with Crippen LogP contribution in [0.3, 0.4) is 0 Å². The molecule has 0 spiro atoms. The van der Waals surface area contributed by atoms with E-state index in [1.807, 2.05) is 30.3 Å². The van der Waals surface area contributed by atoms with Crippen LogP contribution in [-0.4, -0.2) is 22.1 Å². The summed E-state index contributed by atoms with van der Waals surface area (Å²) in [7, 11) is 0. The molecule has 22 heavy (non-hydrogen) atoms. The fourth-order valence-electron chi connectivity index (χ4n) is 2.62. The number of nitrogens with two attached hydrogens (primary N) is 1. The molecule has 116 valence electrons. The number of amides is 1. The molecule has 0 bridgehead atoms. The first-order valence-electron chi connectivity index (χ1n) is 7.33. The first kappa shape index (κ1) is 15.3. The van der Waals surface area contributed by atoms with Crippen molar-refractivity contribution in [3.05, 3.63) is 35.9 Å². The number of hydrogen-bond acceptors (Lipinski definition) is 6. The lowest BCUT2D eigenvalue weighted by Crippen LogP contribution is -2.35. The van der Waals surface area contributed by atoms with Crippen LogP contribution in [0.2, 0.25) is 0 Å². The first-order valence-corrected chi connectivity index (χ1v) is 9.03. The van der Waals surface area contributed by atoms with Gasteiger partial charge in [-0.15, -0.1) is 10.2 Å². The van der Waals surface area contributed by atoms with Crippen molar-refractivity contribution >= 4 is 34.1 Å². The number of nitrogens with one attached hydrogen (secondary N) is 1. The van der Waals surface area contributed by atoms with Crippen LogP contribution in [0, 0.1) is 0 Å². The number of thioether (sulfide) groups is 1. The third kappa shape index (κ3) is 3.78. The summed E-state index contributed by atoms with van der Waals surface area (Å²) >= 11 is 2.72. The highest BCUT2D eigenvalue weighted by Gasteiger charge is 2.26.